The van der Waals surface area contributed by atoms with E-state index in [4.69, 9.17) is 0 Å². The van der Waals surface area contributed by atoms with Crippen LogP contribution in [0.3, 0.4) is 0 Å². The van der Waals surface area contributed by atoms with Crippen molar-refractivity contribution in [2.45, 2.75) is 51.9 Å². The molecule has 0 amide bonds. The van der Waals surface area contributed by atoms with Gasteiger partial charge in [0.15, 0.2) is 0 Å². The fraction of sp³-hybridized carbons (Fsp3) is 0.727. The Morgan fingerprint density at radius 2 is 1.62 bits per heavy atom. The van der Waals surface area contributed by atoms with Gasteiger partial charge in [0, 0.05) is 0 Å². The molecule has 2 heteroatoms. The van der Waals surface area contributed by atoms with Crippen LogP contribution in [-0.2, 0) is 0 Å². The van der Waals surface area contributed by atoms with E-state index >= 15 is 0 Å². The Kier molecular flexibility index (Phi) is 27.7. The molecule has 0 rings (SSSR count). The molecule has 0 radical (unpaired) electrons. The van der Waals surface area contributed by atoms with Crippen LogP contribution in [0.4, 0.5) is 0 Å². The van der Waals surface area contributed by atoms with Gasteiger partial charge in [-0.1, -0.05) is 38.3 Å². The third kappa shape index (κ3) is 19.3. The Morgan fingerprint density at radius 1 is 1.00 bits per heavy atom. The van der Waals surface area contributed by atoms with Crippen LogP contribution >= 0.6 is 0 Å². The summed E-state index contributed by atoms with van der Waals surface area (Å²) in [6.45, 7) is 6.00. The van der Waals surface area contributed by atoms with Crippen molar-refractivity contribution < 1.29 is 12.4 Å². The van der Waals surface area contributed by atoms with Gasteiger partial charge >= 0.3 is 23.1 Å². The molecule has 0 spiro atoms. The summed E-state index contributed by atoms with van der Waals surface area (Å²) in [6, 6.07) is 0. The third-order valence-electron chi connectivity index (χ3n) is 1.77. The largest absolute Gasteiger partial charge is 2.00 e. The van der Waals surface area contributed by atoms with Gasteiger partial charge in [0.1, 0.15) is 0 Å². The zero-order valence-corrected chi connectivity index (χ0v) is 11.1. The number of allylic oxidation sites excluding steroid dienone is 2. The van der Waals surface area contributed by atoms with E-state index in [0.29, 0.717) is 0 Å². The molecule has 0 N–H and O–H groups in total. The molecule has 0 aromatic carbocycles. The summed E-state index contributed by atoms with van der Waals surface area (Å²) in [4.78, 5) is 0. The standard InChI is InChI=1S/C11H21.ClH.Mg/c1-3-5-7-9-11-10-8-6-4-2;;/h6,8H,1,3-5,7,9-11H2,2H3;1H;/q-1;;+2/p-1/b8-6+;;. The van der Waals surface area contributed by atoms with E-state index in [0.717, 1.165) is 6.42 Å². The summed E-state index contributed by atoms with van der Waals surface area (Å²) in [6.07, 6.45) is 13.5. The van der Waals surface area contributed by atoms with Crippen LogP contribution in [0.25, 0.3) is 0 Å². The van der Waals surface area contributed by atoms with Crippen molar-refractivity contribution in [1.82, 2.24) is 0 Å². The van der Waals surface area contributed by atoms with E-state index < -0.39 is 0 Å². The van der Waals surface area contributed by atoms with Gasteiger partial charge in [-0.05, 0) is 19.3 Å². The summed E-state index contributed by atoms with van der Waals surface area (Å²) >= 11 is 0. The number of rotatable bonds is 7. The first-order chi connectivity index (χ1) is 5.41. The summed E-state index contributed by atoms with van der Waals surface area (Å²) in [5.41, 5.74) is 0. The maximum absolute atomic E-state index is 3.82. The Balaban J connectivity index is -0.000000500. The molecule has 0 saturated carbocycles. The van der Waals surface area contributed by atoms with E-state index in [1.807, 2.05) is 0 Å². The van der Waals surface area contributed by atoms with Crippen LogP contribution in [0.1, 0.15) is 51.9 Å². The first-order valence-electron chi connectivity index (χ1n) is 4.86. The van der Waals surface area contributed by atoms with Crippen molar-refractivity contribution in [2.24, 2.45) is 0 Å². The Hall–Kier alpha value is 0.796. The number of unbranched alkanes of at least 4 members (excludes halogenated alkanes) is 5. The molecule has 0 bridgehead atoms. The maximum atomic E-state index is 3.82. The molecule has 0 aliphatic carbocycles. The number of halogens is 1. The van der Waals surface area contributed by atoms with Crippen molar-refractivity contribution >= 4 is 23.1 Å². The van der Waals surface area contributed by atoms with Crippen molar-refractivity contribution in [3.8, 4) is 0 Å². The van der Waals surface area contributed by atoms with Crippen LogP contribution in [0.5, 0.6) is 0 Å². The van der Waals surface area contributed by atoms with Gasteiger partial charge in [0.25, 0.3) is 0 Å². The SMILES string of the molecule is [CH2-]CCCCCC/C=C/CC.[Cl-].[Mg+2]. The van der Waals surface area contributed by atoms with Crippen molar-refractivity contribution in [2.75, 3.05) is 0 Å². The maximum Gasteiger partial charge on any atom is 2.00 e. The zero-order chi connectivity index (χ0) is 8.36. The summed E-state index contributed by atoms with van der Waals surface area (Å²) in [5.74, 6) is 0. The topological polar surface area (TPSA) is 0 Å². The fourth-order valence-electron chi connectivity index (χ4n) is 1.08. The molecular weight excluding hydrogens is 192 g/mol. The zero-order valence-electron chi connectivity index (χ0n) is 8.90. The Labute approximate surface area is 106 Å². The quantitative estimate of drug-likeness (QED) is 0.253. The second-order valence-corrected chi connectivity index (χ2v) is 2.94. The molecule has 74 valence electrons. The normalized spacial score (nSPS) is 9.38. The molecule has 0 saturated heterocycles. The predicted octanol–water partition coefficient (Wildman–Crippen LogP) is 0.750. The fourth-order valence-corrected chi connectivity index (χ4v) is 1.08. The Bertz CT molecular complexity index is 92.1. The number of hydrogen-bond acceptors (Lipinski definition) is 0. The summed E-state index contributed by atoms with van der Waals surface area (Å²) < 4.78 is 0. The Morgan fingerprint density at radius 3 is 2.15 bits per heavy atom. The molecule has 0 unspecified atom stereocenters. The average Bonchev–Trinajstić information content (AvgIpc) is 2.03. The van der Waals surface area contributed by atoms with Gasteiger partial charge in [0.05, 0.1) is 0 Å². The van der Waals surface area contributed by atoms with E-state index in [2.05, 4.69) is 26.0 Å². The summed E-state index contributed by atoms with van der Waals surface area (Å²) in [7, 11) is 0. The van der Waals surface area contributed by atoms with E-state index in [1.54, 1.807) is 0 Å². The first-order valence-corrected chi connectivity index (χ1v) is 4.86. The van der Waals surface area contributed by atoms with Crippen LogP contribution in [0.2, 0.25) is 0 Å². The van der Waals surface area contributed by atoms with Crippen LogP contribution < -0.4 is 12.4 Å². The second kappa shape index (κ2) is 18.6. The smallest absolute Gasteiger partial charge is 1.00 e. The van der Waals surface area contributed by atoms with Crippen LogP contribution in [-0.4, -0.2) is 23.1 Å². The minimum Gasteiger partial charge on any atom is -1.00 e. The van der Waals surface area contributed by atoms with Crippen LogP contribution in [0.15, 0.2) is 12.2 Å². The second-order valence-electron chi connectivity index (χ2n) is 2.94. The molecule has 13 heavy (non-hydrogen) atoms. The summed E-state index contributed by atoms with van der Waals surface area (Å²) in [5, 5.41) is 0. The molecule has 0 aliphatic heterocycles. The minimum absolute atomic E-state index is 0. The monoisotopic (exact) mass is 212 g/mol. The van der Waals surface area contributed by atoms with Gasteiger partial charge in [-0.15, -0.1) is 0 Å². The molecule has 0 aliphatic rings. The van der Waals surface area contributed by atoms with Crippen LogP contribution in [0, 0.1) is 6.92 Å². The van der Waals surface area contributed by atoms with Crippen molar-refractivity contribution in [1.29, 1.82) is 0 Å². The van der Waals surface area contributed by atoms with Crippen molar-refractivity contribution in [3.63, 3.8) is 0 Å². The van der Waals surface area contributed by atoms with E-state index in [9.17, 15) is 0 Å². The number of hydrogen-bond donors (Lipinski definition) is 0. The molecule has 0 nitrogen and oxygen atoms in total. The minimum atomic E-state index is 0. The van der Waals surface area contributed by atoms with Gasteiger partial charge in [-0.25, -0.2) is 0 Å². The van der Waals surface area contributed by atoms with E-state index in [1.165, 1.54) is 38.5 Å². The predicted molar refractivity (Wildman–Crippen MR) is 58.2 cm³/mol. The molecule has 0 aromatic heterocycles. The van der Waals surface area contributed by atoms with Gasteiger partial charge in [0.2, 0.25) is 0 Å². The van der Waals surface area contributed by atoms with Gasteiger partial charge in [-0.2, -0.15) is 6.42 Å². The van der Waals surface area contributed by atoms with Gasteiger partial charge < -0.3 is 19.3 Å². The molecule has 0 atom stereocenters. The van der Waals surface area contributed by atoms with Crippen molar-refractivity contribution in [3.05, 3.63) is 19.1 Å². The average molecular weight is 213 g/mol. The van der Waals surface area contributed by atoms with Gasteiger partial charge in [-0.3, -0.25) is 0 Å². The molecular formula is C11H21ClMg. The molecule has 0 heterocycles. The molecule has 0 fully saturated rings. The first kappa shape index (κ1) is 19.4. The third-order valence-corrected chi connectivity index (χ3v) is 1.77. The molecule has 0 aromatic rings. The van der Waals surface area contributed by atoms with E-state index in [-0.39, 0.29) is 35.5 Å².